The highest BCUT2D eigenvalue weighted by atomic mass is 19.4. The number of anilines is 2. The van der Waals surface area contributed by atoms with E-state index in [9.17, 15) is 13.2 Å². The number of nitrogen functional groups attached to an aromatic ring is 1. The van der Waals surface area contributed by atoms with Crippen molar-refractivity contribution in [3.05, 3.63) is 11.8 Å². The van der Waals surface area contributed by atoms with Gasteiger partial charge in [0.2, 0.25) is 5.95 Å². The van der Waals surface area contributed by atoms with Gasteiger partial charge in [0.05, 0.1) is 12.1 Å². The van der Waals surface area contributed by atoms with Crippen LogP contribution >= 0.6 is 0 Å². The van der Waals surface area contributed by atoms with Crippen LogP contribution in [0.5, 0.6) is 0 Å². The van der Waals surface area contributed by atoms with E-state index in [2.05, 4.69) is 9.97 Å². The van der Waals surface area contributed by atoms with Crippen LogP contribution in [0.15, 0.2) is 6.07 Å². The molecule has 1 aromatic heterocycles. The van der Waals surface area contributed by atoms with Gasteiger partial charge in [0.25, 0.3) is 0 Å². The molecule has 0 amide bonds. The molecule has 1 aromatic rings. The summed E-state index contributed by atoms with van der Waals surface area (Å²) in [6, 6.07) is 4.10. The van der Waals surface area contributed by atoms with Crippen molar-refractivity contribution in [1.29, 1.82) is 10.5 Å². The molecular formula is C9H8F3N7. The number of nitrogens with one attached hydrogen (secondary N) is 1. The SMILES string of the molecule is N#CCN(CC#N)c1cc(C(F)(F)F)nc(NN)n1. The van der Waals surface area contributed by atoms with Gasteiger partial charge in [0, 0.05) is 6.07 Å². The first-order valence-corrected chi connectivity index (χ1v) is 4.84. The molecule has 100 valence electrons. The molecule has 0 unspecified atom stereocenters. The molecule has 0 aliphatic heterocycles. The molecule has 0 aliphatic rings. The summed E-state index contributed by atoms with van der Waals surface area (Å²) in [5.74, 6) is 4.33. The predicted octanol–water partition coefficient (Wildman–Crippen LogP) is 0.635. The van der Waals surface area contributed by atoms with Gasteiger partial charge in [0.15, 0.2) is 5.69 Å². The Morgan fingerprint density at radius 1 is 1.26 bits per heavy atom. The van der Waals surface area contributed by atoms with Crippen LogP contribution < -0.4 is 16.2 Å². The fourth-order valence-corrected chi connectivity index (χ4v) is 1.19. The first kappa shape index (κ1) is 14.5. The van der Waals surface area contributed by atoms with E-state index in [0.717, 1.165) is 4.90 Å². The number of rotatable bonds is 4. The van der Waals surface area contributed by atoms with Gasteiger partial charge < -0.3 is 4.90 Å². The number of halogens is 3. The Balaban J connectivity index is 3.26. The van der Waals surface area contributed by atoms with Crippen molar-refractivity contribution in [2.45, 2.75) is 6.18 Å². The van der Waals surface area contributed by atoms with Gasteiger partial charge in [-0.3, -0.25) is 5.43 Å². The number of hydrogen-bond donors (Lipinski definition) is 2. The molecule has 0 aromatic carbocycles. The van der Waals surface area contributed by atoms with E-state index in [0.29, 0.717) is 6.07 Å². The summed E-state index contributed by atoms with van der Waals surface area (Å²) in [6.07, 6.45) is -4.69. The van der Waals surface area contributed by atoms with Gasteiger partial charge in [-0.15, -0.1) is 0 Å². The molecule has 10 heteroatoms. The minimum Gasteiger partial charge on any atom is -0.330 e. The van der Waals surface area contributed by atoms with Crippen molar-refractivity contribution in [3.63, 3.8) is 0 Å². The molecule has 0 radical (unpaired) electrons. The van der Waals surface area contributed by atoms with Crippen molar-refractivity contribution in [2.75, 3.05) is 23.4 Å². The lowest BCUT2D eigenvalue weighted by molar-refractivity contribution is -0.141. The molecule has 0 saturated carbocycles. The summed E-state index contributed by atoms with van der Waals surface area (Å²) in [5.41, 5.74) is 0.688. The van der Waals surface area contributed by atoms with E-state index >= 15 is 0 Å². The van der Waals surface area contributed by atoms with Gasteiger partial charge in [-0.1, -0.05) is 0 Å². The standard InChI is InChI=1S/C9H8F3N7/c10-9(11,12)6-5-7(17-8(16-6)18-15)19(3-1-13)4-2-14/h5H,3-4,15H2,(H,16,17,18). The van der Waals surface area contributed by atoms with Crippen LogP contribution in [0.2, 0.25) is 0 Å². The van der Waals surface area contributed by atoms with Gasteiger partial charge in [0.1, 0.15) is 18.9 Å². The maximum absolute atomic E-state index is 12.6. The van der Waals surface area contributed by atoms with Gasteiger partial charge in [-0.25, -0.2) is 10.8 Å². The molecule has 0 atom stereocenters. The molecular weight excluding hydrogens is 263 g/mol. The summed E-state index contributed by atoms with van der Waals surface area (Å²) in [7, 11) is 0. The monoisotopic (exact) mass is 271 g/mol. The van der Waals surface area contributed by atoms with Crippen molar-refractivity contribution in [3.8, 4) is 12.1 Å². The summed E-state index contributed by atoms with van der Waals surface area (Å²) in [4.78, 5) is 7.91. The number of nitrogens with two attached hydrogens (primary N) is 1. The highest BCUT2D eigenvalue weighted by Gasteiger charge is 2.34. The quantitative estimate of drug-likeness (QED) is 0.469. The maximum Gasteiger partial charge on any atom is 0.433 e. The fraction of sp³-hybridized carbons (Fsp3) is 0.333. The second-order valence-corrected chi connectivity index (χ2v) is 3.25. The molecule has 1 rings (SSSR count). The van der Waals surface area contributed by atoms with Gasteiger partial charge in [-0.2, -0.15) is 28.7 Å². The minimum absolute atomic E-state index is 0.210. The first-order valence-electron chi connectivity index (χ1n) is 4.84. The predicted molar refractivity (Wildman–Crippen MR) is 58.3 cm³/mol. The van der Waals surface area contributed by atoms with Crippen molar-refractivity contribution >= 4 is 11.8 Å². The zero-order chi connectivity index (χ0) is 14.5. The van der Waals surface area contributed by atoms with E-state index in [1.54, 1.807) is 12.1 Å². The van der Waals surface area contributed by atoms with Crippen LogP contribution in [-0.4, -0.2) is 23.1 Å². The Morgan fingerprint density at radius 2 is 1.84 bits per heavy atom. The van der Waals surface area contributed by atoms with Gasteiger partial charge in [-0.05, 0) is 0 Å². The third-order valence-corrected chi connectivity index (χ3v) is 1.98. The molecule has 0 saturated heterocycles. The van der Waals surface area contributed by atoms with E-state index in [1.165, 1.54) is 0 Å². The van der Waals surface area contributed by atoms with Crippen molar-refractivity contribution in [2.24, 2.45) is 5.84 Å². The number of hydrazine groups is 1. The fourth-order valence-electron chi connectivity index (χ4n) is 1.19. The van der Waals surface area contributed by atoms with E-state index < -0.39 is 17.8 Å². The summed E-state index contributed by atoms with van der Waals surface area (Å²) in [6.45, 7) is -0.572. The third-order valence-electron chi connectivity index (χ3n) is 1.98. The average molecular weight is 271 g/mol. The Morgan fingerprint density at radius 3 is 2.26 bits per heavy atom. The number of alkyl halides is 3. The van der Waals surface area contributed by atoms with Crippen LogP contribution in [0.1, 0.15) is 5.69 Å². The summed E-state index contributed by atoms with van der Waals surface area (Å²) >= 11 is 0. The molecule has 0 aliphatic carbocycles. The molecule has 0 bridgehead atoms. The smallest absolute Gasteiger partial charge is 0.330 e. The normalized spacial score (nSPS) is 10.4. The lowest BCUT2D eigenvalue weighted by Crippen LogP contribution is -2.27. The van der Waals surface area contributed by atoms with Crippen molar-refractivity contribution < 1.29 is 13.2 Å². The van der Waals surface area contributed by atoms with Crippen LogP contribution in [0.3, 0.4) is 0 Å². The Hall–Kier alpha value is -2.59. The van der Waals surface area contributed by atoms with Crippen LogP contribution in [0.25, 0.3) is 0 Å². The van der Waals surface area contributed by atoms with Crippen LogP contribution in [-0.2, 0) is 6.18 Å². The zero-order valence-corrected chi connectivity index (χ0v) is 9.44. The topological polar surface area (TPSA) is 115 Å². The van der Waals surface area contributed by atoms with Crippen LogP contribution in [0.4, 0.5) is 24.9 Å². The van der Waals surface area contributed by atoms with E-state index in [-0.39, 0.29) is 18.9 Å². The Bertz CT molecular complexity index is 512. The third kappa shape index (κ3) is 3.69. The second kappa shape index (κ2) is 5.84. The number of aromatic nitrogens is 2. The highest BCUT2D eigenvalue weighted by molar-refractivity contribution is 5.46. The Labute approximate surface area is 106 Å². The largest absolute Gasteiger partial charge is 0.433 e. The Kier molecular flexibility index (Phi) is 4.45. The molecule has 0 fully saturated rings. The molecule has 0 spiro atoms. The first-order chi connectivity index (χ1) is 8.92. The second-order valence-electron chi connectivity index (χ2n) is 3.25. The molecule has 7 nitrogen and oxygen atoms in total. The summed E-state index contributed by atoms with van der Waals surface area (Å²) in [5, 5.41) is 17.1. The number of nitrogens with zero attached hydrogens (tertiary/aromatic N) is 5. The van der Waals surface area contributed by atoms with E-state index in [1.807, 2.05) is 5.43 Å². The minimum atomic E-state index is -4.69. The molecule has 1 heterocycles. The van der Waals surface area contributed by atoms with Crippen molar-refractivity contribution in [1.82, 2.24) is 9.97 Å². The lowest BCUT2D eigenvalue weighted by Gasteiger charge is -2.18. The van der Waals surface area contributed by atoms with Gasteiger partial charge >= 0.3 is 6.18 Å². The average Bonchev–Trinajstić information content (AvgIpc) is 2.37. The molecule has 19 heavy (non-hydrogen) atoms. The number of hydrogen-bond acceptors (Lipinski definition) is 7. The highest BCUT2D eigenvalue weighted by Crippen LogP contribution is 2.30. The van der Waals surface area contributed by atoms with Crippen LogP contribution in [0, 0.1) is 22.7 Å². The number of nitriles is 2. The lowest BCUT2D eigenvalue weighted by atomic mass is 10.3. The maximum atomic E-state index is 12.6. The summed E-state index contributed by atoms with van der Waals surface area (Å²) < 4.78 is 37.8. The molecule has 3 N–H and O–H groups in total. The van der Waals surface area contributed by atoms with E-state index in [4.69, 9.17) is 16.4 Å². The zero-order valence-electron chi connectivity index (χ0n) is 9.44.